The number of piperazine rings is 1. The molecular formula is C24H31FN4O3. The van der Waals surface area contributed by atoms with Gasteiger partial charge in [0.2, 0.25) is 0 Å². The van der Waals surface area contributed by atoms with E-state index in [0.29, 0.717) is 32.5 Å². The summed E-state index contributed by atoms with van der Waals surface area (Å²) in [5, 5.41) is 0. The van der Waals surface area contributed by atoms with E-state index in [-0.39, 0.29) is 35.8 Å². The monoisotopic (exact) mass is 442 g/mol. The van der Waals surface area contributed by atoms with Crippen molar-refractivity contribution in [3.05, 3.63) is 53.9 Å². The SMILES string of the molecule is C[C@H](c1ccc(F)cc1)n1cncc1C1CCC(=O)C2CN(C(=O)OC(C)(C)C)CCN21. The highest BCUT2D eigenvalue weighted by atomic mass is 19.1. The smallest absolute Gasteiger partial charge is 0.410 e. The number of hydrogen-bond acceptors (Lipinski definition) is 5. The molecular weight excluding hydrogens is 411 g/mol. The van der Waals surface area contributed by atoms with E-state index in [1.165, 1.54) is 12.1 Å². The zero-order valence-corrected chi connectivity index (χ0v) is 19.1. The summed E-state index contributed by atoms with van der Waals surface area (Å²) >= 11 is 0. The number of rotatable bonds is 3. The van der Waals surface area contributed by atoms with Crippen molar-refractivity contribution in [3.63, 3.8) is 0 Å². The van der Waals surface area contributed by atoms with Crippen molar-refractivity contribution in [2.45, 2.75) is 64.3 Å². The third-order valence-corrected chi connectivity index (χ3v) is 6.32. The van der Waals surface area contributed by atoms with E-state index in [0.717, 1.165) is 11.3 Å². The summed E-state index contributed by atoms with van der Waals surface area (Å²) in [6.07, 6.45) is 4.46. The predicted octanol–water partition coefficient (Wildman–Crippen LogP) is 3.96. The second-order valence-corrected chi connectivity index (χ2v) is 9.65. The average Bonchev–Trinajstić information content (AvgIpc) is 3.22. The lowest BCUT2D eigenvalue weighted by Crippen LogP contribution is -2.60. The van der Waals surface area contributed by atoms with E-state index < -0.39 is 5.60 Å². The lowest BCUT2D eigenvalue weighted by molar-refractivity contribution is -0.132. The lowest BCUT2D eigenvalue weighted by atomic mass is 9.90. The Morgan fingerprint density at radius 2 is 1.91 bits per heavy atom. The number of ether oxygens (including phenoxy) is 1. The standard InChI is InChI=1S/C24H31FN4O3/c1-16(17-5-7-18(25)8-6-17)29-15-26-13-20(29)19-9-10-22(30)21-14-27(11-12-28(19)21)23(31)32-24(2,3)4/h5-8,13,15-16,19,21H,9-12,14H2,1-4H3/t16-,19?,21?/m1/s1. The Morgan fingerprint density at radius 1 is 1.19 bits per heavy atom. The van der Waals surface area contributed by atoms with Crippen molar-refractivity contribution in [2.75, 3.05) is 19.6 Å². The minimum atomic E-state index is -0.573. The molecule has 1 aromatic carbocycles. The van der Waals surface area contributed by atoms with Gasteiger partial charge in [-0.1, -0.05) is 12.1 Å². The molecule has 3 heterocycles. The van der Waals surface area contributed by atoms with Gasteiger partial charge in [0.1, 0.15) is 11.4 Å². The molecule has 2 fully saturated rings. The summed E-state index contributed by atoms with van der Waals surface area (Å²) in [5.74, 6) is -0.101. The summed E-state index contributed by atoms with van der Waals surface area (Å²) in [6.45, 7) is 9.02. The molecule has 0 radical (unpaired) electrons. The van der Waals surface area contributed by atoms with Gasteiger partial charge in [0.15, 0.2) is 5.78 Å². The van der Waals surface area contributed by atoms with E-state index in [1.54, 1.807) is 23.4 Å². The number of aromatic nitrogens is 2. The molecule has 2 aliphatic heterocycles. The maximum absolute atomic E-state index is 13.4. The maximum Gasteiger partial charge on any atom is 0.410 e. The normalized spacial score (nSPS) is 23.0. The predicted molar refractivity (Wildman–Crippen MR) is 118 cm³/mol. The van der Waals surface area contributed by atoms with Gasteiger partial charge < -0.3 is 14.2 Å². The fraction of sp³-hybridized carbons (Fsp3) is 0.542. The van der Waals surface area contributed by atoms with Crippen LogP contribution in [0.5, 0.6) is 0 Å². The van der Waals surface area contributed by atoms with Crippen LogP contribution in [0.3, 0.4) is 0 Å². The van der Waals surface area contributed by atoms with Crippen molar-refractivity contribution in [1.82, 2.24) is 19.4 Å². The van der Waals surface area contributed by atoms with Gasteiger partial charge >= 0.3 is 6.09 Å². The first-order valence-corrected chi connectivity index (χ1v) is 11.2. The van der Waals surface area contributed by atoms with Gasteiger partial charge in [-0.3, -0.25) is 9.69 Å². The Kier molecular flexibility index (Phi) is 6.07. The number of fused-ring (bicyclic) bond motifs is 1. The highest BCUT2D eigenvalue weighted by molar-refractivity contribution is 5.86. The second-order valence-electron chi connectivity index (χ2n) is 9.65. The number of nitrogens with zero attached hydrogens (tertiary/aromatic N) is 4. The Bertz CT molecular complexity index is 982. The van der Waals surface area contributed by atoms with Crippen molar-refractivity contribution in [3.8, 4) is 0 Å². The van der Waals surface area contributed by atoms with Crippen LogP contribution >= 0.6 is 0 Å². The van der Waals surface area contributed by atoms with Crippen LogP contribution in [-0.2, 0) is 9.53 Å². The van der Waals surface area contributed by atoms with Gasteiger partial charge in [-0.2, -0.15) is 0 Å². The zero-order chi connectivity index (χ0) is 23.0. The van der Waals surface area contributed by atoms with Crippen molar-refractivity contribution in [1.29, 1.82) is 0 Å². The summed E-state index contributed by atoms with van der Waals surface area (Å²) in [7, 11) is 0. The molecule has 2 saturated heterocycles. The lowest BCUT2D eigenvalue weighted by Gasteiger charge is -2.47. The Labute approximate surface area is 188 Å². The molecule has 2 aliphatic rings. The molecule has 7 nitrogen and oxygen atoms in total. The Hall–Kier alpha value is -2.74. The van der Waals surface area contributed by atoms with Gasteiger partial charge in [0.05, 0.1) is 30.1 Å². The number of Topliss-reactive ketones (excluding diaryl/α,β-unsaturated/α-hetero) is 1. The first-order valence-electron chi connectivity index (χ1n) is 11.2. The maximum atomic E-state index is 13.4. The fourth-order valence-electron chi connectivity index (χ4n) is 4.68. The van der Waals surface area contributed by atoms with Gasteiger partial charge in [-0.05, 0) is 51.8 Å². The van der Waals surface area contributed by atoms with Crippen LogP contribution < -0.4 is 0 Å². The van der Waals surface area contributed by atoms with Gasteiger partial charge in [0.25, 0.3) is 0 Å². The average molecular weight is 443 g/mol. The molecule has 0 N–H and O–H groups in total. The van der Waals surface area contributed by atoms with Crippen LogP contribution in [0.4, 0.5) is 9.18 Å². The van der Waals surface area contributed by atoms with Crippen molar-refractivity contribution in [2.24, 2.45) is 0 Å². The third-order valence-electron chi connectivity index (χ3n) is 6.32. The number of hydrogen-bond donors (Lipinski definition) is 0. The third kappa shape index (κ3) is 4.55. The molecule has 4 rings (SSSR count). The van der Waals surface area contributed by atoms with Crippen LogP contribution in [0.15, 0.2) is 36.8 Å². The van der Waals surface area contributed by atoms with E-state index in [1.807, 2.05) is 27.0 Å². The molecule has 1 aromatic heterocycles. The van der Waals surface area contributed by atoms with E-state index in [4.69, 9.17) is 4.74 Å². The quantitative estimate of drug-likeness (QED) is 0.720. The van der Waals surface area contributed by atoms with Gasteiger partial charge in [0, 0.05) is 32.3 Å². The highest BCUT2D eigenvalue weighted by Crippen LogP contribution is 2.36. The number of amides is 1. The topological polar surface area (TPSA) is 67.7 Å². The molecule has 3 atom stereocenters. The largest absolute Gasteiger partial charge is 0.444 e. The number of carbonyl (C=O) groups is 2. The number of imidazole rings is 1. The molecule has 32 heavy (non-hydrogen) atoms. The molecule has 0 saturated carbocycles. The van der Waals surface area contributed by atoms with E-state index in [2.05, 4.69) is 21.4 Å². The summed E-state index contributed by atoms with van der Waals surface area (Å²) in [4.78, 5) is 33.6. The first-order chi connectivity index (χ1) is 15.1. The van der Waals surface area contributed by atoms with Crippen molar-refractivity contribution >= 4 is 11.9 Å². The van der Waals surface area contributed by atoms with Crippen LogP contribution in [0.1, 0.15) is 63.9 Å². The molecule has 2 unspecified atom stereocenters. The number of benzene rings is 1. The number of carbonyl (C=O) groups excluding carboxylic acids is 2. The Balaban J connectivity index is 1.54. The van der Waals surface area contributed by atoms with Crippen LogP contribution in [0.2, 0.25) is 0 Å². The van der Waals surface area contributed by atoms with Crippen molar-refractivity contribution < 1.29 is 18.7 Å². The first kappa shape index (κ1) is 22.5. The van der Waals surface area contributed by atoms with Crippen LogP contribution in [0.25, 0.3) is 0 Å². The van der Waals surface area contributed by atoms with Gasteiger partial charge in [-0.15, -0.1) is 0 Å². The molecule has 1 amide bonds. The number of halogens is 1. The fourth-order valence-corrected chi connectivity index (χ4v) is 4.68. The minimum Gasteiger partial charge on any atom is -0.444 e. The summed E-state index contributed by atoms with van der Waals surface area (Å²) < 4.78 is 21.0. The molecule has 172 valence electrons. The Morgan fingerprint density at radius 3 is 2.59 bits per heavy atom. The van der Waals surface area contributed by atoms with Gasteiger partial charge in [-0.25, -0.2) is 14.2 Å². The molecule has 8 heteroatoms. The molecule has 0 aliphatic carbocycles. The summed E-state index contributed by atoms with van der Waals surface area (Å²) in [5.41, 5.74) is 1.45. The van der Waals surface area contributed by atoms with Crippen LogP contribution in [-0.4, -0.2) is 62.5 Å². The summed E-state index contributed by atoms with van der Waals surface area (Å²) in [6, 6.07) is 6.17. The van der Waals surface area contributed by atoms with Crippen LogP contribution in [0, 0.1) is 5.82 Å². The number of ketones is 1. The number of piperidine rings is 1. The second kappa shape index (κ2) is 8.65. The molecule has 2 aromatic rings. The van der Waals surface area contributed by atoms with E-state index >= 15 is 0 Å². The molecule has 0 spiro atoms. The zero-order valence-electron chi connectivity index (χ0n) is 19.1. The highest BCUT2D eigenvalue weighted by Gasteiger charge is 2.43. The molecule has 0 bridgehead atoms. The van der Waals surface area contributed by atoms with E-state index in [9.17, 15) is 14.0 Å². The minimum absolute atomic E-state index is 0.0211.